The first-order chi connectivity index (χ1) is 11.2. The van der Waals surface area contributed by atoms with Gasteiger partial charge in [0, 0.05) is 20.0 Å². The van der Waals surface area contributed by atoms with Crippen molar-refractivity contribution in [2.75, 3.05) is 13.1 Å². The van der Waals surface area contributed by atoms with E-state index in [1.54, 1.807) is 19.1 Å². The number of carbonyl (C=O) groups excluding carboxylic acids is 1. The number of unbranched alkanes of at least 4 members (excludes halogenated alkanes) is 1. The molecule has 0 aliphatic rings. The summed E-state index contributed by atoms with van der Waals surface area (Å²) in [5, 5.41) is 3.79. The van der Waals surface area contributed by atoms with Crippen LogP contribution in [0, 0.1) is 6.92 Å². The summed E-state index contributed by atoms with van der Waals surface area (Å²) in [7, 11) is 0. The van der Waals surface area contributed by atoms with Crippen LogP contribution in [0.4, 0.5) is 0 Å². The van der Waals surface area contributed by atoms with Gasteiger partial charge in [-0.1, -0.05) is 30.6 Å². The average Bonchev–Trinajstić information content (AvgIpc) is 2.99. The first kappa shape index (κ1) is 17.0. The number of aryl methyl sites for hydroxylation is 1. The monoisotopic (exact) mass is 317 g/mol. The zero-order valence-corrected chi connectivity index (χ0v) is 13.9. The van der Waals surface area contributed by atoms with E-state index in [0.717, 1.165) is 19.4 Å². The minimum Gasteiger partial charge on any atom is -0.485 e. The molecule has 0 N–H and O–H groups in total. The molecule has 0 saturated carbocycles. The van der Waals surface area contributed by atoms with Crippen LogP contribution >= 0.6 is 0 Å². The summed E-state index contributed by atoms with van der Waals surface area (Å²) in [6.07, 6.45) is 2.05. The molecular formula is C17H23N3O3. The highest BCUT2D eigenvalue weighted by molar-refractivity contribution is 5.96. The highest BCUT2D eigenvalue weighted by atomic mass is 16.5. The molecule has 6 nitrogen and oxygen atoms in total. The van der Waals surface area contributed by atoms with E-state index < -0.39 is 0 Å². The molecule has 23 heavy (non-hydrogen) atoms. The Bertz CT molecular complexity index is 640. The van der Waals surface area contributed by atoms with Crippen LogP contribution in [0.5, 0.6) is 5.75 Å². The van der Waals surface area contributed by atoms with Crippen LogP contribution in [0.15, 0.2) is 28.8 Å². The van der Waals surface area contributed by atoms with Crippen molar-refractivity contribution in [1.82, 2.24) is 15.0 Å². The quantitative estimate of drug-likeness (QED) is 0.747. The minimum atomic E-state index is -0.0131. The second kappa shape index (κ2) is 8.31. The summed E-state index contributed by atoms with van der Waals surface area (Å²) in [4.78, 5) is 18.6. The molecule has 1 amide bonds. The Morgan fingerprint density at radius 3 is 2.74 bits per heavy atom. The second-order valence-corrected chi connectivity index (χ2v) is 5.25. The maximum absolute atomic E-state index is 12.7. The molecule has 0 saturated heterocycles. The van der Waals surface area contributed by atoms with Crippen molar-refractivity contribution in [3.63, 3.8) is 0 Å². The van der Waals surface area contributed by atoms with Crippen molar-refractivity contribution >= 4 is 5.91 Å². The van der Waals surface area contributed by atoms with Crippen LogP contribution < -0.4 is 4.74 Å². The molecule has 0 aliphatic heterocycles. The fourth-order valence-electron chi connectivity index (χ4n) is 2.23. The molecule has 0 unspecified atom stereocenters. The summed E-state index contributed by atoms with van der Waals surface area (Å²) >= 11 is 0. The number of hydrogen-bond acceptors (Lipinski definition) is 5. The molecule has 0 fully saturated rings. The number of benzene rings is 1. The predicted molar refractivity (Wildman–Crippen MR) is 86.3 cm³/mol. The third-order valence-corrected chi connectivity index (χ3v) is 3.49. The second-order valence-electron chi connectivity index (χ2n) is 5.25. The van der Waals surface area contributed by atoms with E-state index in [-0.39, 0.29) is 12.5 Å². The van der Waals surface area contributed by atoms with Gasteiger partial charge in [-0.05, 0) is 25.5 Å². The van der Waals surface area contributed by atoms with Gasteiger partial charge in [0.05, 0.1) is 5.56 Å². The summed E-state index contributed by atoms with van der Waals surface area (Å²) in [6, 6.07) is 7.25. The van der Waals surface area contributed by atoms with Crippen molar-refractivity contribution in [1.29, 1.82) is 0 Å². The molecule has 2 aromatic rings. The lowest BCUT2D eigenvalue weighted by molar-refractivity contribution is 0.0757. The van der Waals surface area contributed by atoms with E-state index in [1.165, 1.54) is 0 Å². The van der Waals surface area contributed by atoms with Crippen LogP contribution in [0.2, 0.25) is 0 Å². The molecule has 0 spiro atoms. The third-order valence-electron chi connectivity index (χ3n) is 3.49. The number of amides is 1. The molecule has 2 rings (SSSR count). The van der Waals surface area contributed by atoms with E-state index in [1.807, 2.05) is 24.0 Å². The van der Waals surface area contributed by atoms with Crippen LogP contribution in [-0.4, -0.2) is 34.0 Å². The predicted octanol–water partition coefficient (Wildman–Crippen LogP) is 3.22. The van der Waals surface area contributed by atoms with Crippen LogP contribution in [0.3, 0.4) is 0 Å². The highest BCUT2D eigenvalue weighted by Gasteiger charge is 2.18. The molecule has 0 aliphatic carbocycles. The van der Waals surface area contributed by atoms with Gasteiger partial charge in [0.2, 0.25) is 11.7 Å². The Hall–Kier alpha value is -2.37. The van der Waals surface area contributed by atoms with Gasteiger partial charge in [0.1, 0.15) is 5.75 Å². The van der Waals surface area contributed by atoms with Gasteiger partial charge in [0.15, 0.2) is 6.61 Å². The summed E-state index contributed by atoms with van der Waals surface area (Å²) < 4.78 is 10.6. The van der Waals surface area contributed by atoms with Gasteiger partial charge in [-0.2, -0.15) is 4.98 Å². The Balaban J connectivity index is 2.10. The van der Waals surface area contributed by atoms with E-state index in [9.17, 15) is 4.79 Å². The van der Waals surface area contributed by atoms with Crippen molar-refractivity contribution in [3.8, 4) is 5.75 Å². The highest BCUT2D eigenvalue weighted by Crippen LogP contribution is 2.21. The molecule has 6 heteroatoms. The fraction of sp³-hybridized carbons (Fsp3) is 0.471. The minimum absolute atomic E-state index is 0.0131. The molecule has 0 bridgehead atoms. The number of hydrogen-bond donors (Lipinski definition) is 0. The molecule has 1 aromatic heterocycles. The van der Waals surface area contributed by atoms with Crippen molar-refractivity contribution in [2.45, 2.75) is 40.2 Å². The smallest absolute Gasteiger partial charge is 0.257 e. The first-order valence-corrected chi connectivity index (χ1v) is 7.96. The molecule has 0 radical (unpaired) electrons. The topological polar surface area (TPSA) is 68.5 Å². The fourth-order valence-corrected chi connectivity index (χ4v) is 2.23. The van der Waals surface area contributed by atoms with Gasteiger partial charge >= 0.3 is 0 Å². The van der Waals surface area contributed by atoms with Crippen LogP contribution in [0.1, 0.15) is 48.8 Å². The number of rotatable bonds is 8. The largest absolute Gasteiger partial charge is 0.485 e. The SMILES string of the molecule is CCCCN(CC)C(=O)c1ccccc1OCc1noc(C)n1. The lowest BCUT2D eigenvalue weighted by Crippen LogP contribution is -2.32. The van der Waals surface area contributed by atoms with Crippen molar-refractivity contribution in [2.24, 2.45) is 0 Å². The standard InChI is InChI=1S/C17H23N3O3/c1-4-6-11-20(5-2)17(21)14-9-7-8-10-15(14)22-12-16-18-13(3)23-19-16/h7-10H,4-6,11-12H2,1-3H3. The third kappa shape index (κ3) is 4.55. The van der Waals surface area contributed by atoms with E-state index in [2.05, 4.69) is 17.1 Å². The van der Waals surface area contributed by atoms with Crippen molar-refractivity contribution < 1.29 is 14.1 Å². The van der Waals surface area contributed by atoms with Crippen LogP contribution in [0.25, 0.3) is 0 Å². The number of para-hydroxylation sites is 1. The van der Waals surface area contributed by atoms with Gasteiger partial charge in [-0.3, -0.25) is 4.79 Å². The summed E-state index contributed by atoms with van der Waals surface area (Å²) in [6.45, 7) is 7.42. The summed E-state index contributed by atoms with van der Waals surface area (Å²) in [5.74, 6) is 1.48. The van der Waals surface area contributed by atoms with E-state index in [0.29, 0.717) is 29.6 Å². The molecular weight excluding hydrogens is 294 g/mol. The number of aromatic nitrogens is 2. The average molecular weight is 317 g/mol. The Kier molecular flexibility index (Phi) is 6.14. The Morgan fingerprint density at radius 1 is 1.30 bits per heavy atom. The zero-order chi connectivity index (χ0) is 16.7. The van der Waals surface area contributed by atoms with E-state index in [4.69, 9.17) is 9.26 Å². The van der Waals surface area contributed by atoms with Crippen LogP contribution in [-0.2, 0) is 6.61 Å². The molecule has 0 atom stereocenters. The molecule has 124 valence electrons. The lowest BCUT2D eigenvalue weighted by atomic mass is 10.1. The van der Waals surface area contributed by atoms with Gasteiger partial charge < -0.3 is 14.2 Å². The number of carbonyl (C=O) groups is 1. The van der Waals surface area contributed by atoms with Gasteiger partial charge in [-0.15, -0.1) is 0 Å². The van der Waals surface area contributed by atoms with Gasteiger partial charge in [-0.25, -0.2) is 0 Å². The van der Waals surface area contributed by atoms with Crippen molar-refractivity contribution in [3.05, 3.63) is 41.5 Å². The maximum Gasteiger partial charge on any atom is 0.257 e. The molecule has 1 aromatic carbocycles. The Labute approximate surface area is 136 Å². The Morgan fingerprint density at radius 2 is 2.09 bits per heavy atom. The van der Waals surface area contributed by atoms with E-state index >= 15 is 0 Å². The first-order valence-electron chi connectivity index (χ1n) is 7.96. The molecule has 1 heterocycles. The van der Waals surface area contributed by atoms with Gasteiger partial charge in [0.25, 0.3) is 5.91 Å². The number of ether oxygens (including phenoxy) is 1. The maximum atomic E-state index is 12.7. The normalized spacial score (nSPS) is 10.6. The number of nitrogens with zero attached hydrogens (tertiary/aromatic N) is 3. The zero-order valence-electron chi connectivity index (χ0n) is 13.9. The lowest BCUT2D eigenvalue weighted by Gasteiger charge is -2.22. The summed E-state index contributed by atoms with van der Waals surface area (Å²) in [5.41, 5.74) is 0.561.